The molecule has 1 aliphatic rings. The van der Waals surface area contributed by atoms with Gasteiger partial charge in [-0.3, -0.25) is 9.59 Å². The highest BCUT2D eigenvalue weighted by molar-refractivity contribution is 5.82. The van der Waals surface area contributed by atoms with Crippen LogP contribution in [-0.4, -0.2) is 53.4 Å². The van der Waals surface area contributed by atoms with Crippen molar-refractivity contribution in [2.45, 2.75) is 64.5 Å². The lowest BCUT2D eigenvalue weighted by Gasteiger charge is -2.34. The number of nitrogens with two attached hydrogens (primary N) is 1. The average molecular weight is 344 g/mol. The molecule has 0 aromatic rings. The number of primary amides is 1. The molecule has 0 unspecified atom stereocenters. The maximum atomic E-state index is 12.4. The fraction of sp³-hybridized carbons (Fsp3) is 0.750. The van der Waals surface area contributed by atoms with Crippen molar-refractivity contribution in [3.63, 3.8) is 0 Å². The second kappa shape index (κ2) is 7.60. The van der Waals surface area contributed by atoms with E-state index in [2.05, 4.69) is 11.9 Å². The second-order valence-corrected chi connectivity index (χ2v) is 6.77. The fourth-order valence-electron chi connectivity index (χ4n) is 2.45. The molecular weight excluding hydrogens is 316 g/mol. The third kappa shape index (κ3) is 5.55. The number of rotatable bonds is 8. The predicted molar refractivity (Wildman–Crippen MR) is 86.6 cm³/mol. The third-order valence-electron chi connectivity index (χ3n) is 3.50. The Morgan fingerprint density at radius 1 is 1.46 bits per heavy atom. The molecule has 1 rings (SSSR count). The molecule has 0 radical (unpaired) electrons. The lowest BCUT2D eigenvalue weighted by Crippen LogP contribution is -2.52. The van der Waals surface area contributed by atoms with Crippen molar-refractivity contribution in [2.24, 2.45) is 11.7 Å². The van der Waals surface area contributed by atoms with Crippen molar-refractivity contribution in [1.29, 1.82) is 0 Å². The van der Waals surface area contributed by atoms with Gasteiger partial charge in [-0.25, -0.2) is 0 Å². The van der Waals surface area contributed by atoms with Gasteiger partial charge in [0.1, 0.15) is 12.2 Å². The van der Waals surface area contributed by atoms with Crippen LogP contribution in [0.25, 0.3) is 0 Å². The van der Waals surface area contributed by atoms with Crippen molar-refractivity contribution < 1.29 is 28.9 Å². The van der Waals surface area contributed by atoms with Crippen LogP contribution < -0.4 is 11.1 Å². The Morgan fingerprint density at radius 3 is 2.50 bits per heavy atom. The topological polar surface area (TPSA) is 120 Å². The molecule has 4 N–H and O–H groups in total. The zero-order valence-electron chi connectivity index (χ0n) is 14.9. The Morgan fingerprint density at radius 2 is 2.04 bits per heavy atom. The van der Waals surface area contributed by atoms with Crippen LogP contribution in [0.2, 0.25) is 0 Å². The Kier molecular flexibility index (Phi) is 6.52. The van der Waals surface area contributed by atoms with Crippen LogP contribution in [0.3, 0.4) is 0 Å². The summed E-state index contributed by atoms with van der Waals surface area (Å²) in [5.74, 6) is -4.48. The lowest BCUT2D eigenvalue weighted by atomic mass is 9.94. The number of aliphatic hydroxyl groups is 1. The molecule has 8 nitrogen and oxygen atoms in total. The van der Waals surface area contributed by atoms with Gasteiger partial charge in [-0.2, -0.15) is 0 Å². The average Bonchev–Trinajstić information content (AvgIpc) is 2.76. The summed E-state index contributed by atoms with van der Waals surface area (Å²) in [4.78, 5) is 24.0. The van der Waals surface area contributed by atoms with Crippen LogP contribution in [0.15, 0.2) is 12.7 Å². The van der Waals surface area contributed by atoms with Gasteiger partial charge < -0.3 is 30.4 Å². The first kappa shape index (κ1) is 20.6. The van der Waals surface area contributed by atoms with E-state index in [0.717, 1.165) is 0 Å². The van der Waals surface area contributed by atoms with Crippen molar-refractivity contribution in [1.82, 2.24) is 5.32 Å². The maximum Gasteiger partial charge on any atom is 0.252 e. The summed E-state index contributed by atoms with van der Waals surface area (Å²) < 4.78 is 17.0. The number of hydrogen-bond acceptors (Lipinski definition) is 6. The molecule has 0 saturated carbocycles. The van der Waals surface area contributed by atoms with E-state index in [1.165, 1.54) is 19.9 Å². The van der Waals surface area contributed by atoms with Crippen LogP contribution in [0.1, 0.15) is 34.6 Å². The Labute approximate surface area is 142 Å². The van der Waals surface area contributed by atoms with Gasteiger partial charge in [0, 0.05) is 6.54 Å². The molecule has 1 aliphatic heterocycles. The molecule has 138 valence electrons. The quantitative estimate of drug-likeness (QED) is 0.422. The minimum Gasteiger partial charge on any atom is -0.369 e. The Balaban J connectivity index is 3.12. The molecule has 0 aromatic carbocycles. The van der Waals surface area contributed by atoms with Crippen LogP contribution in [-0.2, 0) is 23.8 Å². The van der Waals surface area contributed by atoms with Gasteiger partial charge in [0.2, 0.25) is 5.91 Å². The van der Waals surface area contributed by atoms with Crippen molar-refractivity contribution in [3.8, 4) is 0 Å². The zero-order valence-corrected chi connectivity index (χ0v) is 14.9. The molecule has 8 heteroatoms. The normalized spacial score (nSPS) is 25.8. The van der Waals surface area contributed by atoms with E-state index in [9.17, 15) is 14.7 Å². The number of carbonyl (C=O) groups excluding carboxylic acids is 2. The van der Waals surface area contributed by atoms with Gasteiger partial charge in [0.15, 0.2) is 17.7 Å². The molecule has 24 heavy (non-hydrogen) atoms. The lowest BCUT2D eigenvalue weighted by molar-refractivity contribution is -0.244. The number of ether oxygens (including phenoxy) is 3. The van der Waals surface area contributed by atoms with Gasteiger partial charge in [-0.15, -0.1) is 6.58 Å². The summed E-state index contributed by atoms with van der Waals surface area (Å²) in [5.41, 5.74) is 5.38. The highest BCUT2D eigenvalue weighted by atomic mass is 16.8. The van der Waals surface area contributed by atoms with Gasteiger partial charge in [-0.05, 0) is 27.7 Å². The van der Waals surface area contributed by atoms with Crippen LogP contribution in [0.4, 0.5) is 0 Å². The van der Waals surface area contributed by atoms with E-state index in [1.807, 2.05) is 0 Å². The van der Waals surface area contributed by atoms with Crippen molar-refractivity contribution in [2.75, 3.05) is 6.54 Å². The van der Waals surface area contributed by atoms with E-state index in [0.29, 0.717) is 0 Å². The van der Waals surface area contributed by atoms with E-state index < -0.39 is 47.6 Å². The number of amides is 2. The SMILES string of the molecule is C=CCNC(=O)[C@H]1OC(C)(C)O[C@@H]1[C@H](OC(C)(C)O)[C@@H](C)C(N)=O. The summed E-state index contributed by atoms with van der Waals surface area (Å²) in [6, 6.07) is 0. The van der Waals surface area contributed by atoms with Gasteiger partial charge in [-0.1, -0.05) is 13.0 Å². The van der Waals surface area contributed by atoms with Gasteiger partial charge >= 0.3 is 0 Å². The molecule has 0 aromatic heterocycles. The summed E-state index contributed by atoms with van der Waals surface area (Å²) in [6.45, 7) is 11.5. The minimum absolute atomic E-state index is 0.258. The molecular formula is C16H28N2O6. The fourth-order valence-corrected chi connectivity index (χ4v) is 2.45. The summed E-state index contributed by atoms with van der Waals surface area (Å²) in [6.07, 6.45) is -1.37. The van der Waals surface area contributed by atoms with Crippen molar-refractivity contribution in [3.05, 3.63) is 12.7 Å². The highest BCUT2D eigenvalue weighted by Gasteiger charge is 2.52. The smallest absolute Gasteiger partial charge is 0.252 e. The first-order valence-corrected chi connectivity index (χ1v) is 7.81. The summed E-state index contributed by atoms with van der Waals surface area (Å²) in [5, 5.41) is 12.6. The standard InChI is InChI=1S/C16H28N2O6/c1-7-8-18-14(20)12-11(23-16(5,6)24-12)10(9(2)13(17)19)22-15(3,4)21/h7,9-12,21H,1,8H2,2-6H3,(H2,17,19)(H,18,20)/t9-,10-,11-,12+/m1/s1. The van der Waals surface area contributed by atoms with Crippen LogP contribution in [0.5, 0.6) is 0 Å². The molecule has 0 bridgehead atoms. The highest BCUT2D eigenvalue weighted by Crippen LogP contribution is 2.34. The second-order valence-electron chi connectivity index (χ2n) is 6.77. The Bertz CT molecular complexity index is 485. The first-order valence-electron chi connectivity index (χ1n) is 7.81. The van der Waals surface area contributed by atoms with Crippen LogP contribution >= 0.6 is 0 Å². The molecule has 1 saturated heterocycles. The van der Waals surface area contributed by atoms with E-state index in [-0.39, 0.29) is 6.54 Å². The van der Waals surface area contributed by atoms with E-state index in [1.54, 1.807) is 20.8 Å². The summed E-state index contributed by atoms with van der Waals surface area (Å²) in [7, 11) is 0. The molecule has 0 spiro atoms. The van der Waals surface area contributed by atoms with Gasteiger partial charge in [0.25, 0.3) is 5.91 Å². The monoisotopic (exact) mass is 344 g/mol. The van der Waals surface area contributed by atoms with E-state index >= 15 is 0 Å². The molecule has 1 heterocycles. The third-order valence-corrected chi connectivity index (χ3v) is 3.50. The molecule has 1 fully saturated rings. The number of hydrogen-bond donors (Lipinski definition) is 3. The zero-order chi connectivity index (χ0) is 18.7. The maximum absolute atomic E-state index is 12.4. The molecule has 4 atom stereocenters. The number of nitrogens with one attached hydrogen (secondary N) is 1. The van der Waals surface area contributed by atoms with Crippen LogP contribution in [0, 0.1) is 5.92 Å². The summed E-state index contributed by atoms with van der Waals surface area (Å²) >= 11 is 0. The molecule has 0 aliphatic carbocycles. The minimum atomic E-state index is -1.55. The van der Waals surface area contributed by atoms with Gasteiger partial charge in [0.05, 0.1) is 5.92 Å². The predicted octanol–water partition coefficient (Wildman–Crippen LogP) is 0.0437. The molecule has 2 amide bonds. The van der Waals surface area contributed by atoms with E-state index in [4.69, 9.17) is 19.9 Å². The van der Waals surface area contributed by atoms with Crippen molar-refractivity contribution >= 4 is 11.8 Å². The largest absolute Gasteiger partial charge is 0.369 e. The number of carbonyl (C=O) groups is 2. The first-order chi connectivity index (χ1) is 10.9. The Hall–Kier alpha value is -1.48.